The van der Waals surface area contributed by atoms with Crippen molar-refractivity contribution in [2.45, 2.75) is 46.1 Å². The Morgan fingerprint density at radius 1 is 1.02 bits per heavy atom. The molecule has 0 radical (unpaired) electrons. The summed E-state index contributed by atoms with van der Waals surface area (Å²) in [5.74, 6) is -0.0369. The third-order valence-electron chi connectivity index (χ3n) is 5.13. The second kappa shape index (κ2) is 14.6. The van der Waals surface area contributed by atoms with E-state index in [-0.39, 0.29) is 38.0 Å². The lowest BCUT2D eigenvalue weighted by molar-refractivity contribution is 0.242. The summed E-state index contributed by atoms with van der Waals surface area (Å²) in [6.07, 6.45) is 0.603. The highest BCUT2D eigenvalue weighted by molar-refractivity contribution is 8.03. The molecule has 2 heterocycles. The van der Waals surface area contributed by atoms with Gasteiger partial charge in [-0.2, -0.15) is 23.1 Å². The van der Waals surface area contributed by atoms with Crippen LogP contribution in [0.15, 0.2) is 27.4 Å². The number of methoxy groups -OCH3 is 2. The van der Waals surface area contributed by atoms with Gasteiger partial charge < -0.3 is 18.6 Å². The van der Waals surface area contributed by atoms with E-state index < -0.39 is 32.0 Å². The van der Waals surface area contributed by atoms with Crippen molar-refractivity contribution in [3.8, 4) is 23.2 Å². The van der Waals surface area contributed by atoms with Crippen molar-refractivity contribution in [3.63, 3.8) is 0 Å². The topological polar surface area (TPSA) is 214 Å². The fourth-order valence-corrected chi connectivity index (χ4v) is 5.37. The summed E-state index contributed by atoms with van der Waals surface area (Å²) in [5.41, 5.74) is -0.0217. The smallest absolute Gasteiger partial charge is 0.442 e. The van der Waals surface area contributed by atoms with Gasteiger partial charge in [0.15, 0.2) is 0 Å². The summed E-state index contributed by atoms with van der Waals surface area (Å²) < 4.78 is 69.0. The first-order chi connectivity index (χ1) is 20.6. The highest BCUT2D eigenvalue weighted by Crippen LogP contribution is 2.33. The van der Waals surface area contributed by atoms with Crippen molar-refractivity contribution in [1.29, 1.82) is 0 Å². The number of carbonyl (C=O) groups excluding carboxylic acids is 1. The second-order valence-corrected chi connectivity index (χ2v) is 15.0. The molecule has 0 aliphatic carbocycles. The zero-order chi connectivity index (χ0) is 34.5. The average molecular weight is 715 g/mol. The number of ether oxygens (including phenoxy) is 3. The predicted octanol–water partition coefficient (Wildman–Crippen LogP) is 2.97. The maximum atomic E-state index is 12.1. The van der Waals surface area contributed by atoms with Gasteiger partial charge in [0.25, 0.3) is 0 Å². The molecule has 250 valence electrons. The van der Waals surface area contributed by atoms with Crippen LogP contribution >= 0.6 is 23.2 Å². The number of hydrogen-bond donors (Lipinski definition) is 2. The van der Waals surface area contributed by atoms with E-state index in [0.717, 1.165) is 11.7 Å². The molecule has 0 aliphatic rings. The highest BCUT2D eigenvalue weighted by Gasteiger charge is 2.28. The van der Waals surface area contributed by atoms with E-state index in [1.165, 1.54) is 31.1 Å². The molecule has 0 aliphatic heterocycles. The molecule has 0 spiro atoms. The van der Waals surface area contributed by atoms with Gasteiger partial charge in [0.05, 0.1) is 48.4 Å². The minimum Gasteiger partial charge on any atom is -0.489 e. The maximum absolute atomic E-state index is 12.1. The number of halogens is 2. The van der Waals surface area contributed by atoms with Gasteiger partial charge in [-0.25, -0.2) is 22.7 Å². The Balaban J connectivity index is 0.000000314. The molecule has 0 atom stereocenters. The van der Waals surface area contributed by atoms with Crippen LogP contribution in [-0.4, -0.2) is 80.0 Å². The monoisotopic (exact) mass is 713 g/mol. The first-order valence-electron chi connectivity index (χ1n) is 12.6. The number of urea groups is 1. The van der Waals surface area contributed by atoms with Crippen LogP contribution in [0.3, 0.4) is 0 Å². The van der Waals surface area contributed by atoms with Crippen LogP contribution in [0.25, 0.3) is 5.69 Å². The first kappa shape index (κ1) is 37.5. The lowest BCUT2D eigenvalue weighted by Gasteiger charge is -2.15. The molecule has 0 saturated carbocycles. The lowest BCUT2D eigenvalue weighted by atomic mass is 9.97. The van der Waals surface area contributed by atoms with Gasteiger partial charge >= 0.3 is 22.0 Å². The van der Waals surface area contributed by atoms with Crippen molar-refractivity contribution in [3.05, 3.63) is 44.7 Å². The molecule has 0 bridgehead atoms. The summed E-state index contributed by atoms with van der Waals surface area (Å²) in [5, 5.41) is 6.90. The van der Waals surface area contributed by atoms with Crippen LogP contribution in [0, 0.1) is 0 Å². The van der Waals surface area contributed by atoms with Gasteiger partial charge in [-0.05, 0) is 19.9 Å². The summed E-state index contributed by atoms with van der Waals surface area (Å²) in [4.78, 5) is 31.2. The van der Waals surface area contributed by atoms with Crippen molar-refractivity contribution in [2.75, 3.05) is 32.8 Å². The van der Waals surface area contributed by atoms with E-state index in [2.05, 4.69) is 15.1 Å². The van der Waals surface area contributed by atoms with Gasteiger partial charge in [-0.3, -0.25) is 5.32 Å². The Labute approximate surface area is 270 Å². The number of aromatic nitrogens is 4. The molecule has 2 aromatic heterocycles. The SMILES string of the molecule is CC(C)Oc1cc(-n2nc(C(C)(C)C)oc2=O)c(Cl)cc1Cl.COc1cc(OC)nc(NC(=O)NS(=O)(=O)N(C)S(C)(=O)=O)n1. The number of anilines is 1. The standard InChI is InChI=1S/C15H18Cl2N2O3.C9H15N5O7S2/c1-8(2)21-12-7-11(9(16)6-10(12)17)19-14(20)22-13(18-19)15(3,4)5;1-14(22(4,16)17)23(18,19)13-9(15)12-8-10-6(20-2)5-7(11-8)21-3/h6-8H,1-5H3;5H,1-4H3,(H2,10,11,12,13,15). The Morgan fingerprint density at radius 3 is 2.02 bits per heavy atom. The van der Waals surface area contributed by atoms with E-state index in [1.54, 1.807) is 6.07 Å². The average Bonchev–Trinajstić information content (AvgIpc) is 3.30. The van der Waals surface area contributed by atoms with Crippen LogP contribution < -0.4 is 30.0 Å². The zero-order valence-electron chi connectivity index (χ0n) is 25.7. The Bertz CT molecular complexity index is 1780. The number of amides is 2. The van der Waals surface area contributed by atoms with Crippen LogP contribution in [-0.2, 0) is 25.6 Å². The number of hydrogen-bond acceptors (Lipinski definition) is 13. The van der Waals surface area contributed by atoms with Crippen LogP contribution in [0.4, 0.5) is 10.7 Å². The minimum absolute atomic E-state index is 0.00654. The van der Waals surface area contributed by atoms with E-state index in [0.29, 0.717) is 28.6 Å². The van der Waals surface area contributed by atoms with Crippen molar-refractivity contribution in [2.24, 2.45) is 0 Å². The fraction of sp³-hybridized carbons (Fsp3) is 0.458. The van der Waals surface area contributed by atoms with E-state index >= 15 is 0 Å². The molecule has 3 rings (SSSR count). The third kappa shape index (κ3) is 10.5. The molecule has 1 aromatic carbocycles. The zero-order valence-corrected chi connectivity index (χ0v) is 28.8. The molecular weight excluding hydrogens is 681 g/mol. The van der Waals surface area contributed by atoms with E-state index in [9.17, 15) is 26.4 Å². The van der Waals surface area contributed by atoms with Crippen molar-refractivity contribution >= 4 is 55.4 Å². The van der Waals surface area contributed by atoms with Crippen LogP contribution in [0.2, 0.25) is 10.0 Å². The van der Waals surface area contributed by atoms with Gasteiger partial charge in [-0.1, -0.05) is 47.7 Å². The van der Waals surface area contributed by atoms with E-state index in [4.69, 9.17) is 41.8 Å². The van der Waals surface area contributed by atoms with Gasteiger partial charge in [-0.15, -0.1) is 5.10 Å². The van der Waals surface area contributed by atoms with Gasteiger partial charge in [0, 0.05) is 18.5 Å². The largest absolute Gasteiger partial charge is 0.489 e. The molecule has 0 unspecified atom stereocenters. The number of nitrogens with zero attached hydrogens (tertiary/aromatic N) is 5. The normalized spacial score (nSPS) is 11.9. The number of carbonyl (C=O) groups is 1. The number of sulfonamides is 1. The molecule has 0 fully saturated rings. The minimum atomic E-state index is -4.60. The number of nitrogens with one attached hydrogen (secondary N) is 2. The maximum Gasteiger partial charge on any atom is 0.442 e. The molecule has 17 nitrogen and oxygen atoms in total. The molecule has 3 aromatic rings. The predicted molar refractivity (Wildman–Crippen MR) is 165 cm³/mol. The fourth-order valence-electron chi connectivity index (χ4n) is 2.91. The first-order valence-corrected chi connectivity index (χ1v) is 16.6. The highest BCUT2D eigenvalue weighted by atomic mass is 35.5. The third-order valence-corrected chi connectivity index (χ3v) is 9.19. The number of benzene rings is 1. The summed E-state index contributed by atoms with van der Waals surface area (Å²) >= 11 is 12.3. The van der Waals surface area contributed by atoms with Crippen LogP contribution in [0.1, 0.15) is 40.5 Å². The Kier molecular flexibility index (Phi) is 12.2. The Hall–Kier alpha value is -3.65. The van der Waals surface area contributed by atoms with Gasteiger partial charge in [0.2, 0.25) is 33.6 Å². The summed E-state index contributed by atoms with van der Waals surface area (Å²) in [6.45, 7) is 9.47. The molecule has 2 amide bonds. The quantitative estimate of drug-likeness (QED) is 0.327. The number of rotatable bonds is 9. The molecule has 45 heavy (non-hydrogen) atoms. The molecule has 2 N–H and O–H groups in total. The van der Waals surface area contributed by atoms with Crippen molar-refractivity contribution < 1.29 is 40.3 Å². The van der Waals surface area contributed by atoms with E-state index in [1.807, 2.05) is 39.9 Å². The Morgan fingerprint density at radius 2 is 1.58 bits per heavy atom. The van der Waals surface area contributed by atoms with Gasteiger partial charge in [0.1, 0.15) is 5.75 Å². The summed E-state index contributed by atoms with van der Waals surface area (Å²) in [7, 11) is -5.27. The lowest BCUT2D eigenvalue weighted by Crippen LogP contribution is -2.45. The second-order valence-electron chi connectivity index (χ2n) is 10.2. The van der Waals surface area contributed by atoms with Crippen LogP contribution in [0.5, 0.6) is 17.5 Å². The molecule has 21 heteroatoms. The molecular formula is C24H33Cl2N7O10S2. The van der Waals surface area contributed by atoms with Crippen molar-refractivity contribution in [1.82, 2.24) is 28.2 Å². The summed E-state index contributed by atoms with van der Waals surface area (Å²) in [6, 6.07) is 3.17. The molecule has 0 saturated heterocycles.